The molecule has 0 aliphatic carbocycles. The zero-order valence-corrected chi connectivity index (χ0v) is 9.29. The number of hydrogen-bond acceptors (Lipinski definition) is 3. The second-order valence-electron chi connectivity index (χ2n) is 3.76. The largest absolute Gasteiger partial charge is 0.382 e. The van der Waals surface area contributed by atoms with Crippen LogP contribution >= 0.6 is 0 Å². The summed E-state index contributed by atoms with van der Waals surface area (Å²) in [5, 5.41) is 2.86. The highest BCUT2D eigenvalue weighted by molar-refractivity contribution is 5.87. The molecule has 5 heteroatoms. The van der Waals surface area contributed by atoms with E-state index in [4.69, 9.17) is 10.5 Å². The number of halogens is 1. The van der Waals surface area contributed by atoms with Crippen molar-refractivity contribution in [3.8, 4) is 0 Å². The molecule has 0 aliphatic rings. The number of anilines is 1. The summed E-state index contributed by atoms with van der Waals surface area (Å²) >= 11 is 0. The van der Waals surface area contributed by atoms with Crippen LogP contribution in [0.3, 0.4) is 0 Å². The normalized spacial score (nSPS) is 14.2. The van der Waals surface area contributed by atoms with Crippen LogP contribution in [0.25, 0.3) is 0 Å². The molecule has 0 radical (unpaired) electrons. The van der Waals surface area contributed by atoms with Gasteiger partial charge in [0.1, 0.15) is 11.4 Å². The van der Waals surface area contributed by atoms with Crippen LogP contribution in [0, 0.1) is 5.82 Å². The monoisotopic (exact) mass is 226 g/mol. The molecule has 0 heterocycles. The van der Waals surface area contributed by atoms with E-state index in [-0.39, 0.29) is 12.4 Å². The van der Waals surface area contributed by atoms with Gasteiger partial charge in [-0.3, -0.25) is 4.79 Å². The number of carbonyl (C=O) groups is 1. The van der Waals surface area contributed by atoms with E-state index >= 15 is 0 Å². The Morgan fingerprint density at radius 2 is 2.31 bits per heavy atom. The molecule has 1 atom stereocenters. The molecule has 0 saturated carbocycles. The van der Waals surface area contributed by atoms with Crippen molar-refractivity contribution < 1.29 is 13.9 Å². The number of rotatable bonds is 5. The Morgan fingerprint density at radius 1 is 1.62 bits per heavy atom. The molecule has 0 spiro atoms. The lowest BCUT2D eigenvalue weighted by Crippen LogP contribution is -2.51. The van der Waals surface area contributed by atoms with Gasteiger partial charge < -0.3 is 15.8 Å². The first-order chi connectivity index (χ1) is 7.48. The van der Waals surface area contributed by atoms with Gasteiger partial charge >= 0.3 is 0 Å². The summed E-state index contributed by atoms with van der Waals surface area (Å²) in [5.74, 6) is -0.937. The van der Waals surface area contributed by atoms with Crippen molar-refractivity contribution in [1.82, 2.24) is 0 Å². The molecule has 1 rings (SSSR count). The zero-order chi connectivity index (χ0) is 12.2. The Balaban J connectivity index is 2.87. The quantitative estimate of drug-likeness (QED) is 0.791. The van der Waals surface area contributed by atoms with Crippen molar-refractivity contribution in [3.63, 3.8) is 0 Å². The predicted molar refractivity (Wildman–Crippen MR) is 59.5 cm³/mol. The molecule has 0 aliphatic heterocycles. The van der Waals surface area contributed by atoms with Gasteiger partial charge in [0.2, 0.25) is 5.91 Å². The number of methoxy groups -OCH3 is 1. The highest BCUT2D eigenvalue weighted by Gasteiger charge is 2.30. The van der Waals surface area contributed by atoms with Crippen molar-refractivity contribution >= 4 is 11.6 Å². The fraction of sp³-hybridized carbons (Fsp3) is 0.364. The van der Waals surface area contributed by atoms with Crippen LogP contribution in [0.2, 0.25) is 0 Å². The van der Waals surface area contributed by atoms with Crippen LogP contribution < -0.4 is 11.1 Å². The van der Waals surface area contributed by atoms with Crippen LogP contribution in [-0.2, 0) is 9.53 Å². The molecule has 1 aromatic rings. The molecule has 0 bridgehead atoms. The van der Waals surface area contributed by atoms with E-state index in [9.17, 15) is 9.18 Å². The first-order valence-corrected chi connectivity index (χ1v) is 4.80. The maximum absolute atomic E-state index is 12.9. The molecule has 3 N–H and O–H groups in total. The molecule has 0 aromatic heterocycles. The standard InChI is InChI=1S/C11H15FN2O2/c1-11(7-16-2,10(13)15)14-9-5-3-4-8(12)6-9/h3-6,14H,7H2,1-2H3,(H2,13,15). The Hall–Kier alpha value is -1.62. The maximum atomic E-state index is 12.9. The molecular formula is C11H15FN2O2. The summed E-state index contributed by atoms with van der Waals surface area (Å²) in [7, 11) is 1.47. The second-order valence-corrected chi connectivity index (χ2v) is 3.76. The van der Waals surface area contributed by atoms with E-state index in [2.05, 4.69) is 5.32 Å². The number of nitrogens with one attached hydrogen (secondary N) is 1. The summed E-state index contributed by atoms with van der Waals surface area (Å²) in [6.45, 7) is 1.71. The van der Waals surface area contributed by atoms with Gasteiger partial charge in [-0.1, -0.05) is 6.07 Å². The molecule has 88 valence electrons. The van der Waals surface area contributed by atoms with E-state index < -0.39 is 11.4 Å². The van der Waals surface area contributed by atoms with Gasteiger partial charge in [-0.05, 0) is 25.1 Å². The van der Waals surface area contributed by atoms with Crippen LogP contribution in [0.4, 0.5) is 10.1 Å². The highest BCUT2D eigenvalue weighted by Crippen LogP contribution is 2.16. The Bertz CT molecular complexity index is 384. The van der Waals surface area contributed by atoms with Gasteiger partial charge in [-0.25, -0.2) is 4.39 Å². The molecule has 1 amide bonds. The third kappa shape index (κ3) is 2.93. The number of nitrogens with two attached hydrogens (primary N) is 1. The first-order valence-electron chi connectivity index (χ1n) is 4.80. The van der Waals surface area contributed by atoms with Gasteiger partial charge in [0.15, 0.2) is 0 Å². The van der Waals surface area contributed by atoms with Gasteiger partial charge in [-0.15, -0.1) is 0 Å². The predicted octanol–water partition coefficient (Wildman–Crippen LogP) is 1.13. The van der Waals surface area contributed by atoms with Crippen LogP contribution in [-0.4, -0.2) is 25.2 Å². The van der Waals surface area contributed by atoms with Gasteiger partial charge in [0.05, 0.1) is 6.61 Å². The number of amides is 1. The number of benzene rings is 1. The van der Waals surface area contributed by atoms with Gasteiger partial charge in [0.25, 0.3) is 0 Å². The number of hydrogen-bond donors (Lipinski definition) is 2. The van der Waals surface area contributed by atoms with E-state index in [1.807, 2.05) is 0 Å². The number of carbonyl (C=O) groups excluding carboxylic acids is 1. The summed E-state index contributed by atoms with van der Waals surface area (Å²) in [6.07, 6.45) is 0. The highest BCUT2D eigenvalue weighted by atomic mass is 19.1. The summed E-state index contributed by atoms with van der Waals surface area (Å²) in [6, 6.07) is 5.81. The molecule has 1 aromatic carbocycles. The molecular weight excluding hydrogens is 211 g/mol. The summed E-state index contributed by atoms with van der Waals surface area (Å²) in [5.41, 5.74) is 4.70. The first kappa shape index (κ1) is 12.4. The second kappa shape index (κ2) is 4.94. The Morgan fingerprint density at radius 3 is 2.81 bits per heavy atom. The minimum atomic E-state index is -1.05. The van der Waals surface area contributed by atoms with E-state index in [0.717, 1.165) is 0 Å². The molecule has 16 heavy (non-hydrogen) atoms. The summed E-state index contributed by atoms with van der Waals surface area (Å²) < 4.78 is 17.9. The maximum Gasteiger partial charge on any atom is 0.245 e. The van der Waals surface area contributed by atoms with Crippen molar-refractivity contribution in [2.75, 3.05) is 19.0 Å². The lowest BCUT2D eigenvalue weighted by Gasteiger charge is -2.27. The molecule has 1 unspecified atom stereocenters. The fourth-order valence-corrected chi connectivity index (χ4v) is 1.34. The summed E-state index contributed by atoms with van der Waals surface area (Å²) in [4.78, 5) is 11.3. The minimum absolute atomic E-state index is 0.110. The SMILES string of the molecule is COCC(C)(Nc1cccc(F)c1)C(N)=O. The number of primary amides is 1. The van der Waals surface area contributed by atoms with Crippen molar-refractivity contribution in [2.24, 2.45) is 5.73 Å². The van der Waals surface area contributed by atoms with Gasteiger partial charge in [0, 0.05) is 12.8 Å². The van der Waals surface area contributed by atoms with Crippen LogP contribution in [0.1, 0.15) is 6.92 Å². The van der Waals surface area contributed by atoms with E-state index in [0.29, 0.717) is 5.69 Å². The number of ether oxygens (including phenoxy) is 1. The van der Waals surface area contributed by atoms with Crippen molar-refractivity contribution in [2.45, 2.75) is 12.5 Å². The Labute approximate surface area is 93.6 Å². The lowest BCUT2D eigenvalue weighted by atomic mass is 10.0. The van der Waals surface area contributed by atoms with E-state index in [1.54, 1.807) is 19.1 Å². The lowest BCUT2D eigenvalue weighted by molar-refractivity contribution is -0.123. The molecule has 0 fully saturated rings. The topological polar surface area (TPSA) is 64.3 Å². The molecule has 0 saturated heterocycles. The van der Waals surface area contributed by atoms with E-state index in [1.165, 1.54) is 19.2 Å². The van der Waals surface area contributed by atoms with Gasteiger partial charge in [-0.2, -0.15) is 0 Å². The van der Waals surface area contributed by atoms with Crippen LogP contribution in [0.5, 0.6) is 0 Å². The average Bonchev–Trinajstić information content (AvgIpc) is 2.17. The smallest absolute Gasteiger partial charge is 0.245 e. The third-order valence-electron chi connectivity index (χ3n) is 2.22. The average molecular weight is 226 g/mol. The van der Waals surface area contributed by atoms with Crippen molar-refractivity contribution in [1.29, 1.82) is 0 Å². The minimum Gasteiger partial charge on any atom is -0.382 e. The molecule has 4 nitrogen and oxygen atoms in total. The zero-order valence-electron chi connectivity index (χ0n) is 9.29. The third-order valence-corrected chi connectivity index (χ3v) is 2.22. The fourth-order valence-electron chi connectivity index (χ4n) is 1.34. The Kier molecular flexibility index (Phi) is 3.84. The van der Waals surface area contributed by atoms with Crippen LogP contribution in [0.15, 0.2) is 24.3 Å². The van der Waals surface area contributed by atoms with Crippen molar-refractivity contribution in [3.05, 3.63) is 30.1 Å².